The zero-order valence-electron chi connectivity index (χ0n) is 11.2. The van der Waals surface area contributed by atoms with Crippen molar-refractivity contribution in [2.24, 2.45) is 0 Å². The van der Waals surface area contributed by atoms with E-state index in [1.165, 1.54) is 0 Å². The van der Waals surface area contributed by atoms with Crippen molar-refractivity contribution in [3.8, 4) is 0 Å². The Morgan fingerprint density at radius 2 is 1.10 bits per heavy atom. The average Bonchev–Trinajstić information content (AvgIpc) is 2.55. The van der Waals surface area contributed by atoms with Crippen LogP contribution >= 0.6 is 11.8 Å². The molecule has 0 spiro atoms. The highest BCUT2D eigenvalue weighted by Gasteiger charge is 2.02. The third kappa shape index (κ3) is 2.48. The second-order valence-corrected chi connectivity index (χ2v) is 5.98. The quantitative estimate of drug-likeness (QED) is 0.523. The number of hydrogen-bond donors (Lipinski definition) is 0. The zero-order valence-corrected chi connectivity index (χ0v) is 12.0. The summed E-state index contributed by atoms with van der Waals surface area (Å²) in [6, 6.07) is 20.7. The Morgan fingerprint density at radius 3 is 1.62 bits per heavy atom. The summed E-state index contributed by atoms with van der Waals surface area (Å²) in [5, 5.41) is 2.33. The maximum Gasteiger partial charge on any atom is 0.0702 e. The zero-order chi connectivity index (χ0) is 14.1. The van der Waals surface area contributed by atoms with E-state index in [1.807, 2.05) is 48.8 Å². The van der Waals surface area contributed by atoms with E-state index in [0.29, 0.717) is 0 Å². The molecule has 0 bridgehead atoms. The fraction of sp³-hybridized carbons (Fsp3) is 0. The predicted molar refractivity (Wildman–Crippen MR) is 87.6 cm³/mol. The van der Waals surface area contributed by atoms with E-state index in [2.05, 4.69) is 34.2 Å². The van der Waals surface area contributed by atoms with Gasteiger partial charge in [0.05, 0.1) is 11.0 Å². The molecule has 0 saturated heterocycles. The van der Waals surface area contributed by atoms with Crippen molar-refractivity contribution in [2.75, 3.05) is 0 Å². The first-order valence-corrected chi connectivity index (χ1v) is 7.58. The normalized spacial score (nSPS) is 11.0. The molecule has 0 unspecified atom stereocenters. The molecule has 0 aliphatic rings. The molecule has 21 heavy (non-hydrogen) atoms. The molecule has 4 aromatic rings. The van der Waals surface area contributed by atoms with E-state index < -0.39 is 0 Å². The Bertz CT molecular complexity index is 857. The molecule has 0 atom stereocenters. The molecule has 0 radical (unpaired) electrons. The number of benzene rings is 2. The number of rotatable bonds is 2. The van der Waals surface area contributed by atoms with Crippen LogP contribution in [0, 0.1) is 0 Å². The van der Waals surface area contributed by atoms with Crippen LogP contribution in [0.4, 0.5) is 0 Å². The van der Waals surface area contributed by atoms with Crippen LogP contribution in [0.3, 0.4) is 0 Å². The van der Waals surface area contributed by atoms with E-state index in [-0.39, 0.29) is 0 Å². The molecular formula is C18H12N2S. The number of pyridine rings is 2. The van der Waals surface area contributed by atoms with Crippen LogP contribution in [0.5, 0.6) is 0 Å². The molecule has 2 aromatic heterocycles. The van der Waals surface area contributed by atoms with Gasteiger partial charge in [-0.3, -0.25) is 9.97 Å². The van der Waals surface area contributed by atoms with Crippen molar-refractivity contribution in [1.29, 1.82) is 0 Å². The number of fused-ring (bicyclic) bond motifs is 2. The van der Waals surface area contributed by atoms with Gasteiger partial charge < -0.3 is 0 Å². The second kappa shape index (κ2) is 5.19. The van der Waals surface area contributed by atoms with Crippen LogP contribution in [0.1, 0.15) is 0 Å². The molecule has 0 saturated carbocycles. The molecule has 4 rings (SSSR count). The molecule has 0 amide bonds. The molecule has 0 N–H and O–H groups in total. The first kappa shape index (κ1) is 12.4. The Labute approximate surface area is 126 Å². The van der Waals surface area contributed by atoms with Crippen LogP contribution in [0.15, 0.2) is 82.8 Å². The Balaban J connectivity index is 1.71. The second-order valence-electron chi connectivity index (χ2n) is 4.83. The van der Waals surface area contributed by atoms with Crippen molar-refractivity contribution in [3.63, 3.8) is 0 Å². The van der Waals surface area contributed by atoms with Crippen molar-refractivity contribution >= 4 is 33.6 Å². The maximum atomic E-state index is 4.50. The molecule has 2 heterocycles. The summed E-state index contributed by atoms with van der Waals surface area (Å²) in [6.45, 7) is 0. The summed E-state index contributed by atoms with van der Waals surface area (Å²) in [4.78, 5) is 11.3. The lowest BCUT2D eigenvalue weighted by Gasteiger charge is -2.04. The minimum Gasteiger partial charge on any atom is -0.255 e. The first-order valence-electron chi connectivity index (χ1n) is 6.76. The average molecular weight is 288 g/mol. The van der Waals surface area contributed by atoms with Crippen LogP contribution in [0.2, 0.25) is 0 Å². The number of aromatic nitrogens is 2. The van der Waals surface area contributed by atoms with Gasteiger partial charge in [0.15, 0.2) is 0 Å². The predicted octanol–water partition coefficient (Wildman–Crippen LogP) is 4.93. The van der Waals surface area contributed by atoms with E-state index in [1.54, 1.807) is 11.8 Å². The molecule has 2 aromatic carbocycles. The lowest BCUT2D eigenvalue weighted by atomic mass is 10.2. The highest BCUT2D eigenvalue weighted by atomic mass is 32.2. The van der Waals surface area contributed by atoms with Gasteiger partial charge in [-0.1, -0.05) is 48.2 Å². The van der Waals surface area contributed by atoms with Crippen molar-refractivity contribution in [2.45, 2.75) is 9.79 Å². The fourth-order valence-corrected chi connectivity index (χ4v) is 3.20. The van der Waals surface area contributed by atoms with E-state index in [9.17, 15) is 0 Å². The number of hydrogen-bond acceptors (Lipinski definition) is 3. The van der Waals surface area contributed by atoms with Gasteiger partial charge in [0.1, 0.15) is 0 Å². The largest absolute Gasteiger partial charge is 0.255 e. The minimum absolute atomic E-state index is 1.03. The summed E-state index contributed by atoms with van der Waals surface area (Å²) in [5.41, 5.74) is 2.05. The SMILES string of the molecule is c1ccc2ncc(Sc3cnc4ccccc4c3)cc2c1. The van der Waals surface area contributed by atoms with Gasteiger partial charge in [0, 0.05) is 33.0 Å². The molecule has 0 aliphatic heterocycles. The van der Waals surface area contributed by atoms with Crippen molar-refractivity contribution < 1.29 is 0 Å². The summed E-state index contributed by atoms with van der Waals surface area (Å²) < 4.78 is 0. The Kier molecular flexibility index (Phi) is 3.05. The van der Waals surface area contributed by atoms with Crippen LogP contribution in [0.25, 0.3) is 21.8 Å². The number of para-hydroxylation sites is 2. The first-order chi connectivity index (χ1) is 10.4. The van der Waals surface area contributed by atoms with Gasteiger partial charge >= 0.3 is 0 Å². The van der Waals surface area contributed by atoms with Gasteiger partial charge in [-0.15, -0.1) is 0 Å². The fourth-order valence-electron chi connectivity index (χ4n) is 2.35. The smallest absolute Gasteiger partial charge is 0.0702 e. The molecule has 0 aliphatic carbocycles. The molecule has 0 fully saturated rings. The molecule has 100 valence electrons. The highest BCUT2D eigenvalue weighted by molar-refractivity contribution is 7.99. The lowest BCUT2D eigenvalue weighted by Crippen LogP contribution is -1.82. The van der Waals surface area contributed by atoms with Gasteiger partial charge in [-0.2, -0.15) is 0 Å². The molecular weight excluding hydrogens is 276 g/mol. The third-order valence-electron chi connectivity index (χ3n) is 3.37. The van der Waals surface area contributed by atoms with Crippen molar-refractivity contribution in [3.05, 3.63) is 73.1 Å². The maximum absolute atomic E-state index is 4.50. The van der Waals surface area contributed by atoms with E-state index in [0.717, 1.165) is 31.6 Å². The minimum atomic E-state index is 1.03. The molecule has 3 heteroatoms. The number of nitrogens with zero attached hydrogens (tertiary/aromatic N) is 2. The summed E-state index contributed by atoms with van der Waals surface area (Å²) in [7, 11) is 0. The van der Waals surface area contributed by atoms with Crippen molar-refractivity contribution in [1.82, 2.24) is 9.97 Å². The van der Waals surface area contributed by atoms with Crippen LogP contribution in [-0.4, -0.2) is 9.97 Å². The Hall–Kier alpha value is -2.39. The monoisotopic (exact) mass is 288 g/mol. The summed E-state index contributed by atoms with van der Waals surface area (Å²) in [6.07, 6.45) is 3.84. The van der Waals surface area contributed by atoms with E-state index in [4.69, 9.17) is 0 Å². The van der Waals surface area contributed by atoms with Gasteiger partial charge in [0.25, 0.3) is 0 Å². The Morgan fingerprint density at radius 1 is 0.619 bits per heavy atom. The van der Waals surface area contributed by atoms with E-state index >= 15 is 0 Å². The lowest BCUT2D eigenvalue weighted by molar-refractivity contribution is 1.27. The van der Waals surface area contributed by atoms with Gasteiger partial charge in [-0.25, -0.2) is 0 Å². The standard InChI is InChI=1S/C18H12N2S/c1-3-7-17-13(5-1)9-15(11-19-17)21-16-10-14-6-2-4-8-18(14)20-12-16/h1-12H. The molecule has 2 nitrogen and oxygen atoms in total. The summed E-state index contributed by atoms with van der Waals surface area (Å²) >= 11 is 1.69. The van der Waals surface area contributed by atoms with Gasteiger partial charge in [-0.05, 0) is 24.3 Å². The third-order valence-corrected chi connectivity index (χ3v) is 4.28. The van der Waals surface area contributed by atoms with Gasteiger partial charge in [0.2, 0.25) is 0 Å². The topological polar surface area (TPSA) is 25.8 Å². The van der Waals surface area contributed by atoms with Crippen LogP contribution in [-0.2, 0) is 0 Å². The summed E-state index contributed by atoms with van der Waals surface area (Å²) in [5.74, 6) is 0. The van der Waals surface area contributed by atoms with Crippen LogP contribution < -0.4 is 0 Å². The highest BCUT2D eigenvalue weighted by Crippen LogP contribution is 2.30.